The maximum Gasteiger partial charge on any atom is 0.260 e. The number of amides is 1. The van der Waals surface area contributed by atoms with Crippen LogP contribution in [0.3, 0.4) is 0 Å². The lowest BCUT2D eigenvalue weighted by atomic mass is 10.2. The van der Waals surface area contributed by atoms with Gasteiger partial charge in [0.05, 0.1) is 28.9 Å². The second-order valence-electron chi connectivity index (χ2n) is 7.27. The first-order chi connectivity index (χ1) is 15.5. The molecule has 0 bridgehead atoms. The summed E-state index contributed by atoms with van der Waals surface area (Å²) in [6.07, 6.45) is 2.55. The van der Waals surface area contributed by atoms with Crippen molar-refractivity contribution in [2.24, 2.45) is 5.10 Å². The molecule has 3 aromatic rings. The number of carbonyl (C=O) groups excluding carboxylic acids is 1. The highest BCUT2D eigenvalue weighted by Gasteiger charge is 2.22. The largest absolute Gasteiger partial charge is 0.316 e. The lowest BCUT2D eigenvalue weighted by Crippen LogP contribution is -2.39. The minimum Gasteiger partial charge on any atom is -0.316 e. The van der Waals surface area contributed by atoms with Crippen molar-refractivity contribution in [3.05, 3.63) is 80.0 Å². The highest BCUT2D eigenvalue weighted by molar-refractivity contribution is 9.10. The Labute approximate surface area is 211 Å². The fourth-order valence-electron chi connectivity index (χ4n) is 3.33. The molecule has 1 heterocycles. The van der Waals surface area contributed by atoms with Crippen LogP contribution >= 0.6 is 39.1 Å². The van der Waals surface area contributed by atoms with Crippen LogP contribution in [-0.2, 0) is 14.8 Å². The van der Waals surface area contributed by atoms with E-state index in [-0.39, 0.29) is 0 Å². The molecule has 7 nitrogen and oxygen atoms in total. The van der Waals surface area contributed by atoms with E-state index < -0.39 is 22.5 Å². The topological polar surface area (TPSA) is 83.8 Å². The number of benzene rings is 2. The van der Waals surface area contributed by atoms with Crippen LogP contribution in [0.4, 0.5) is 5.69 Å². The van der Waals surface area contributed by atoms with Crippen LogP contribution in [0.2, 0.25) is 10.0 Å². The molecule has 1 aromatic heterocycles. The Kier molecular flexibility index (Phi) is 7.89. The molecule has 11 heteroatoms. The SMILES string of the molecule is Cc1cc(/C=N\NC(=O)CN(c2ccccc2Br)S(C)(=O)=O)c(C)n1-c1ccc(Cl)cc1Cl. The monoisotopic (exact) mass is 570 g/mol. The second-order valence-corrected chi connectivity index (χ2v) is 10.9. The fourth-order valence-corrected chi connectivity index (χ4v) is 5.30. The fraction of sp³-hybridized carbons (Fsp3) is 0.182. The van der Waals surface area contributed by atoms with Gasteiger partial charge >= 0.3 is 0 Å². The van der Waals surface area contributed by atoms with Gasteiger partial charge < -0.3 is 4.57 Å². The molecule has 0 aliphatic heterocycles. The molecule has 0 atom stereocenters. The molecule has 0 fully saturated rings. The summed E-state index contributed by atoms with van der Waals surface area (Å²) >= 11 is 15.7. The number of hydrogen-bond donors (Lipinski definition) is 1. The van der Waals surface area contributed by atoms with E-state index in [4.69, 9.17) is 23.2 Å². The van der Waals surface area contributed by atoms with Crippen LogP contribution in [0, 0.1) is 13.8 Å². The minimum absolute atomic E-state index is 0.363. The third kappa shape index (κ3) is 5.97. The Morgan fingerprint density at radius 3 is 2.52 bits per heavy atom. The van der Waals surface area contributed by atoms with Crippen LogP contribution in [0.15, 0.2) is 58.1 Å². The molecule has 0 spiro atoms. The molecule has 0 saturated carbocycles. The summed E-state index contributed by atoms with van der Waals surface area (Å²) in [6, 6.07) is 13.9. The summed E-state index contributed by atoms with van der Waals surface area (Å²) in [5, 5.41) is 5.06. The number of nitrogens with one attached hydrogen (secondary N) is 1. The van der Waals surface area contributed by atoms with Crippen LogP contribution in [-0.4, -0.2) is 37.9 Å². The number of halogens is 3. The molecule has 0 saturated heterocycles. The van der Waals surface area contributed by atoms with Crippen molar-refractivity contribution in [3.8, 4) is 5.69 Å². The van der Waals surface area contributed by atoms with Crippen molar-refractivity contribution in [1.82, 2.24) is 9.99 Å². The number of sulfonamides is 1. The van der Waals surface area contributed by atoms with Crippen molar-refractivity contribution in [1.29, 1.82) is 0 Å². The molecule has 0 unspecified atom stereocenters. The summed E-state index contributed by atoms with van der Waals surface area (Å²) in [5.41, 5.74) is 6.08. The highest BCUT2D eigenvalue weighted by Crippen LogP contribution is 2.29. The van der Waals surface area contributed by atoms with E-state index in [1.165, 1.54) is 6.21 Å². The van der Waals surface area contributed by atoms with Crippen molar-refractivity contribution in [2.45, 2.75) is 13.8 Å². The van der Waals surface area contributed by atoms with Gasteiger partial charge in [0.1, 0.15) is 6.54 Å². The predicted molar refractivity (Wildman–Crippen MR) is 137 cm³/mol. The smallest absolute Gasteiger partial charge is 0.260 e. The molecule has 174 valence electrons. The van der Waals surface area contributed by atoms with Crippen LogP contribution in [0.1, 0.15) is 17.0 Å². The zero-order valence-electron chi connectivity index (χ0n) is 18.0. The Morgan fingerprint density at radius 1 is 1.18 bits per heavy atom. The number of aromatic nitrogens is 1. The van der Waals surface area contributed by atoms with Crippen LogP contribution < -0.4 is 9.73 Å². The van der Waals surface area contributed by atoms with Crippen molar-refractivity contribution in [3.63, 3.8) is 0 Å². The van der Waals surface area contributed by atoms with Crippen molar-refractivity contribution < 1.29 is 13.2 Å². The Bertz CT molecular complexity index is 1340. The van der Waals surface area contributed by atoms with Gasteiger partial charge in [-0.1, -0.05) is 35.3 Å². The predicted octanol–water partition coefficient (Wildman–Crippen LogP) is 5.08. The van der Waals surface area contributed by atoms with E-state index >= 15 is 0 Å². The maximum atomic E-state index is 12.4. The van der Waals surface area contributed by atoms with E-state index in [9.17, 15) is 13.2 Å². The molecule has 0 aliphatic carbocycles. The summed E-state index contributed by atoms with van der Waals surface area (Å²) in [5.74, 6) is -0.581. The first-order valence-electron chi connectivity index (χ1n) is 9.67. The molecule has 0 radical (unpaired) electrons. The normalized spacial score (nSPS) is 11.7. The van der Waals surface area contributed by atoms with E-state index in [1.807, 2.05) is 30.5 Å². The molecule has 33 heavy (non-hydrogen) atoms. The van der Waals surface area contributed by atoms with Crippen LogP contribution in [0.25, 0.3) is 5.69 Å². The molecule has 0 aliphatic rings. The van der Waals surface area contributed by atoms with E-state index in [2.05, 4.69) is 26.5 Å². The summed E-state index contributed by atoms with van der Waals surface area (Å²) < 4.78 is 28.0. The number of rotatable bonds is 7. The first kappa shape index (κ1) is 25.3. The molecular weight excluding hydrogens is 551 g/mol. The third-order valence-corrected chi connectivity index (χ3v) is 7.16. The summed E-state index contributed by atoms with van der Waals surface area (Å²) in [4.78, 5) is 12.4. The molecule has 2 aromatic carbocycles. The first-order valence-corrected chi connectivity index (χ1v) is 13.1. The molecular formula is C22H21BrCl2N4O3S. The van der Waals surface area contributed by atoms with Crippen molar-refractivity contribution >= 4 is 67.0 Å². The van der Waals surface area contributed by atoms with Gasteiger partial charge in [-0.25, -0.2) is 13.8 Å². The number of anilines is 1. The molecule has 1 N–H and O–H groups in total. The van der Waals surface area contributed by atoms with E-state index in [0.29, 0.717) is 20.2 Å². The number of para-hydroxylation sites is 1. The number of aryl methyl sites for hydroxylation is 1. The Balaban J connectivity index is 1.77. The number of hydrogen-bond acceptors (Lipinski definition) is 4. The van der Waals surface area contributed by atoms with Gasteiger partial charge in [0.25, 0.3) is 5.91 Å². The van der Waals surface area contributed by atoms with Crippen molar-refractivity contribution in [2.75, 3.05) is 17.1 Å². The van der Waals surface area contributed by atoms with Gasteiger partial charge in [-0.15, -0.1) is 0 Å². The molecule has 3 rings (SSSR count). The average Bonchev–Trinajstić information content (AvgIpc) is 3.00. The number of carbonyl (C=O) groups is 1. The van der Waals surface area contributed by atoms with Gasteiger partial charge in [-0.05, 0) is 66.2 Å². The zero-order valence-corrected chi connectivity index (χ0v) is 21.9. The summed E-state index contributed by atoms with van der Waals surface area (Å²) in [7, 11) is -3.69. The van der Waals surface area contributed by atoms with E-state index in [0.717, 1.165) is 33.2 Å². The van der Waals surface area contributed by atoms with Gasteiger partial charge in [0, 0.05) is 26.4 Å². The van der Waals surface area contributed by atoms with Gasteiger partial charge in [0.2, 0.25) is 10.0 Å². The lowest BCUT2D eigenvalue weighted by Gasteiger charge is -2.22. The zero-order chi connectivity index (χ0) is 24.3. The minimum atomic E-state index is -3.69. The quantitative estimate of drug-likeness (QED) is 0.317. The molecule has 1 amide bonds. The highest BCUT2D eigenvalue weighted by atomic mass is 79.9. The average molecular weight is 572 g/mol. The lowest BCUT2D eigenvalue weighted by molar-refractivity contribution is -0.119. The number of nitrogens with zero attached hydrogens (tertiary/aromatic N) is 3. The van der Waals surface area contributed by atoms with E-state index in [1.54, 1.807) is 36.4 Å². The Hall–Kier alpha value is -2.33. The van der Waals surface area contributed by atoms with Crippen LogP contribution in [0.5, 0.6) is 0 Å². The van der Waals surface area contributed by atoms with Gasteiger partial charge in [-0.2, -0.15) is 5.10 Å². The standard InChI is InChI=1S/C22H21BrCl2N4O3S/c1-14-10-16(15(2)29(14)21-9-8-17(24)11-19(21)25)12-26-27-22(30)13-28(33(3,31)32)20-7-5-4-6-18(20)23/h4-12H,13H2,1-3H3,(H,27,30)/b26-12-. The van der Waals surface area contributed by atoms with Gasteiger partial charge in [-0.3, -0.25) is 9.10 Å². The van der Waals surface area contributed by atoms with Gasteiger partial charge in [0.15, 0.2) is 0 Å². The Morgan fingerprint density at radius 2 is 1.88 bits per heavy atom. The third-order valence-electron chi connectivity index (χ3n) is 4.82. The maximum absolute atomic E-state index is 12.4. The second kappa shape index (κ2) is 10.3. The summed E-state index contributed by atoms with van der Waals surface area (Å²) in [6.45, 7) is 3.41. The number of hydrazone groups is 1.